The van der Waals surface area contributed by atoms with Crippen molar-refractivity contribution in [2.75, 3.05) is 13.2 Å². The highest BCUT2D eigenvalue weighted by molar-refractivity contribution is 9.11. The summed E-state index contributed by atoms with van der Waals surface area (Å²) >= 11 is 7.45. The van der Waals surface area contributed by atoms with E-state index >= 15 is 0 Å². The maximum atomic E-state index is 5.74. The summed E-state index contributed by atoms with van der Waals surface area (Å²) in [6.07, 6.45) is 12.9. The van der Waals surface area contributed by atoms with E-state index in [4.69, 9.17) is 9.47 Å². The quantitative estimate of drug-likeness (QED) is 0.156. The zero-order chi connectivity index (χ0) is 24.2. The molecule has 3 rings (SSSR count). The SMILES string of the molecule is CCCCOc1ccc(/C=C/c2cc(Br)c(/C=C/c3ccc(OCCCC)cc3)cc2Br)cc1. The van der Waals surface area contributed by atoms with Crippen molar-refractivity contribution < 1.29 is 9.47 Å². The number of benzene rings is 3. The van der Waals surface area contributed by atoms with Gasteiger partial charge in [-0.1, -0.05) is 107 Å². The third-order valence-electron chi connectivity index (χ3n) is 5.32. The molecular formula is C30H32Br2O2. The van der Waals surface area contributed by atoms with E-state index in [-0.39, 0.29) is 0 Å². The summed E-state index contributed by atoms with van der Waals surface area (Å²) in [7, 11) is 0. The third kappa shape index (κ3) is 8.48. The molecule has 3 aromatic rings. The molecule has 2 nitrogen and oxygen atoms in total. The fourth-order valence-corrected chi connectivity index (χ4v) is 4.21. The Morgan fingerprint density at radius 1 is 0.588 bits per heavy atom. The predicted octanol–water partition coefficient (Wildman–Crippen LogP) is 9.91. The Morgan fingerprint density at radius 3 is 1.32 bits per heavy atom. The van der Waals surface area contributed by atoms with Crippen LogP contribution in [-0.4, -0.2) is 13.2 Å². The second-order valence-electron chi connectivity index (χ2n) is 8.10. The van der Waals surface area contributed by atoms with Gasteiger partial charge in [0.15, 0.2) is 0 Å². The van der Waals surface area contributed by atoms with Gasteiger partial charge in [0, 0.05) is 8.95 Å². The molecule has 0 fully saturated rings. The Morgan fingerprint density at radius 2 is 0.971 bits per heavy atom. The topological polar surface area (TPSA) is 18.5 Å². The van der Waals surface area contributed by atoms with Gasteiger partial charge < -0.3 is 9.47 Å². The van der Waals surface area contributed by atoms with Crippen LogP contribution in [0.4, 0.5) is 0 Å². The van der Waals surface area contributed by atoms with E-state index in [0.717, 1.165) is 81.6 Å². The molecule has 0 aliphatic carbocycles. The van der Waals surface area contributed by atoms with Gasteiger partial charge in [0.05, 0.1) is 13.2 Å². The average molecular weight is 584 g/mol. The first-order chi connectivity index (χ1) is 16.6. The third-order valence-corrected chi connectivity index (χ3v) is 6.69. The Bertz CT molecular complexity index is 995. The highest BCUT2D eigenvalue weighted by Gasteiger charge is 2.04. The van der Waals surface area contributed by atoms with Gasteiger partial charge in [0.1, 0.15) is 11.5 Å². The zero-order valence-corrected chi connectivity index (χ0v) is 23.1. The van der Waals surface area contributed by atoms with Crippen LogP contribution in [0.2, 0.25) is 0 Å². The first kappa shape index (κ1) is 26.3. The summed E-state index contributed by atoms with van der Waals surface area (Å²) in [5.74, 6) is 1.84. The van der Waals surface area contributed by atoms with E-state index in [1.807, 2.05) is 24.3 Å². The van der Waals surface area contributed by atoms with E-state index < -0.39 is 0 Å². The number of halogens is 2. The Balaban J connectivity index is 1.63. The normalized spacial score (nSPS) is 11.4. The largest absolute Gasteiger partial charge is 0.494 e. The molecule has 0 aliphatic rings. The summed E-state index contributed by atoms with van der Waals surface area (Å²) < 4.78 is 13.6. The minimum Gasteiger partial charge on any atom is -0.494 e. The molecule has 178 valence electrons. The number of rotatable bonds is 12. The number of ether oxygens (including phenoxy) is 2. The smallest absolute Gasteiger partial charge is 0.119 e. The van der Waals surface area contributed by atoms with Gasteiger partial charge in [-0.2, -0.15) is 0 Å². The highest BCUT2D eigenvalue weighted by Crippen LogP contribution is 2.29. The van der Waals surface area contributed by atoms with Crippen molar-refractivity contribution in [3.05, 3.63) is 91.9 Å². The molecular weight excluding hydrogens is 552 g/mol. The van der Waals surface area contributed by atoms with Gasteiger partial charge >= 0.3 is 0 Å². The molecule has 34 heavy (non-hydrogen) atoms. The van der Waals surface area contributed by atoms with Crippen LogP contribution < -0.4 is 9.47 Å². The second-order valence-corrected chi connectivity index (χ2v) is 9.81. The lowest BCUT2D eigenvalue weighted by atomic mass is 10.1. The van der Waals surface area contributed by atoms with E-state index in [9.17, 15) is 0 Å². The zero-order valence-electron chi connectivity index (χ0n) is 19.9. The van der Waals surface area contributed by atoms with Crippen molar-refractivity contribution in [2.45, 2.75) is 39.5 Å². The molecule has 0 atom stereocenters. The summed E-state index contributed by atoms with van der Waals surface area (Å²) in [5.41, 5.74) is 4.50. The Kier molecular flexibility index (Phi) is 11.0. The maximum absolute atomic E-state index is 5.74. The molecule has 0 aliphatic heterocycles. The van der Waals surface area contributed by atoms with Crippen molar-refractivity contribution in [1.29, 1.82) is 0 Å². The monoisotopic (exact) mass is 582 g/mol. The van der Waals surface area contributed by atoms with Gasteiger partial charge in [0.25, 0.3) is 0 Å². The molecule has 3 aromatic carbocycles. The van der Waals surface area contributed by atoms with Crippen molar-refractivity contribution in [3.63, 3.8) is 0 Å². The fourth-order valence-electron chi connectivity index (χ4n) is 3.22. The molecule has 4 heteroatoms. The van der Waals surface area contributed by atoms with Crippen LogP contribution in [0.25, 0.3) is 24.3 Å². The van der Waals surface area contributed by atoms with Crippen LogP contribution >= 0.6 is 31.9 Å². The van der Waals surface area contributed by atoms with Crippen molar-refractivity contribution >= 4 is 56.2 Å². The van der Waals surface area contributed by atoms with Crippen LogP contribution in [0.5, 0.6) is 11.5 Å². The van der Waals surface area contributed by atoms with Gasteiger partial charge in [0.2, 0.25) is 0 Å². The molecule has 0 amide bonds. The minimum absolute atomic E-state index is 0.770. The first-order valence-electron chi connectivity index (χ1n) is 11.9. The van der Waals surface area contributed by atoms with Crippen LogP contribution in [0.15, 0.2) is 69.6 Å². The van der Waals surface area contributed by atoms with Crippen LogP contribution in [0.1, 0.15) is 61.8 Å². The summed E-state index contributed by atoms with van der Waals surface area (Å²) in [4.78, 5) is 0. The standard InChI is InChI=1S/C30H32Br2O2/c1-3-5-19-33-27-15-9-23(10-16-27)7-13-25-21-30(32)26(22-29(25)31)14-8-24-11-17-28(18-12-24)34-20-6-4-2/h7-18,21-22H,3-6,19-20H2,1-2H3/b13-7+,14-8+. The lowest BCUT2D eigenvalue weighted by Gasteiger charge is -2.07. The van der Waals surface area contributed by atoms with E-state index in [1.54, 1.807) is 0 Å². The second kappa shape index (κ2) is 14.2. The van der Waals surface area contributed by atoms with Gasteiger partial charge in [-0.3, -0.25) is 0 Å². The summed E-state index contributed by atoms with van der Waals surface area (Å²) in [6, 6.07) is 20.7. The average Bonchev–Trinajstić information content (AvgIpc) is 2.85. The Hall–Kier alpha value is -2.30. The summed E-state index contributed by atoms with van der Waals surface area (Å²) in [6.45, 7) is 5.87. The van der Waals surface area contributed by atoms with Gasteiger partial charge in [-0.15, -0.1) is 0 Å². The number of hydrogen-bond donors (Lipinski definition) is 0. The molecule has 0 unspecified atom stereocenters. The predicted molar refractivity (Wildman–Crippen MR) is 153 cm³/mol. The van der Waals surface area contributed by atoms with E-state index in [2.05, 4.69) is 106 Å². The van der Waals surface area contributed by atoms with E-state index in [1.165, 1.54) is 0 Å². The molecule has 0 saturated heterocycles. The molecule has 0 spiro atoms. The van der Waals surface area contributed by atoms with Crippen LogP contribution in [-0.2, 0) is 0 Å². The summed E-state index contributed by atoms with van der Waals surface area (Å²) in [5, 5.41) is 0. The maximum Gasteiger partial charge on any atom is 0.119 e. The number of unbranched alkanes of at least 4 members (excludes halogenated alkanes) is 2. The number of hydrogen-bond acceptors (Lipinski definition) is 2. The van der Waals surface area contributed by atoms with Gasteiger partial charge in [-0.05, 0) is 71.5 Å². The lowest BCUT2D eigenvalue weighted by molar-refractivity contribution is 0.309. The lowest BCUT2D eigenvalue weighted by Crippen LogP contribution is -1.95. The van der Waals surface area contributed by atoms with Crippen molar-refractivity contribution in [1.82, 2.24) is 0 Å². The molecule has 0 aromatic heterocycles. The van der Waals surface area contributed by atoms with Gasteiger partial charge in [-0.25, -0.2) is 0 Å². The van der Waals surface area contributed by atoms with Crippen molar-refractivity contribution in [2.24, 2.45) is 0 Å². The van der Waals surface area contributed by atoms with Crippen LogP contribution in [0, 0.1) is 0 Å². The molecule has 0 bridgehead atoms. The molecule has 0 N–H and O–H groups in total. The first-order valence-corrected chi connectivity index (χ1v) is 13.5. The molecule has 0 saturated carbocycles. The molecule has 0 radical (unpaired) electrons. The molecule has 0 heterocycles. The van der Waals surface area contributed by atoms with Crippen LogP contribution in [0.3, 0.4) is 0 Å². The van der Waals surface area contributed by atoms with Crippen molar-refractivity contribution in [3.8, 4) is 11.5 Å². The Labute approximate surface area is 221 Å². The van der Waals surface area contributed by atoms with E-state index in [0.29, 0.717) is 0 Å². The fraction of sp³-hybridized carbons (Fsp3) is 0.267. The minimum atomic E-state index is 0.770. The highest BCUT2D eigenvalue weighted by atomic mass is 79.9.